The molecule has 0 fully saturated rings. The summed E-state index contributed by atoms with van der Waals surface area (Å²) in [6.07, 6.45) is 4.43. The van der Waals surface area contributed by atoms with Crippen molar-refractivity contribution < 1.29 is 4.79 Å². The summed E-state index contributed by atoms with van der Waals surface area (Å²) in [5.41, 5.74) is 2.24. The summed E-state index contributed by atoms with van der Waals surface area (Å²) in [5, 5.41) is 2.94. The van der Waals surface area contributed by atoms with Crippen LogP contribution < -0.4 is 5.32 Å². The van der Waals surface area contributed by atoms with Gasteiger partial charge in [0, 0.05) is 11.6 Å². The molecule has 0 saturated heterocycles. The maximum absolute atomic E-state index is 11.7. The van der Waals surface area contributed by atoms with E-state index in [-0.39, 0.29) is 11.8 Å². The van der Waals surface area contributed by atoms with E-state index in [0.717, 1.165) is 18.5 Å². The zero-order valence-electron chi connectivity index (χ0n) is 11.1. The van der Waals surface area contributed by atoms with Crippen LogP contribution in [-0.4, -0.2) is 5.91 Å². The summed E-state index contributed by atoms with van der Waals surface area (Å²) in [4.78, 5) is 11.7. The third kappa shape index (κ3) is 4.59. The smallest absolute Gasteiger partial charge is 0.227 e. The van der Waals surface area contributed by atoms with Gasteiger partial charge in [-0.1, -0.05) is 39.3 Å². The van der Waals surface area contributed by atoms with E-state index in [2.05, 4.69) is 24.4 Å². The highest BCUT2D eigenvalue weighted by Gasteiger charge is 2.09. The van der Waals surface area contributed by atoms with Gasteiger partial charge < -0.3 is 5.32 Å². The lowest BCUT2D eigenvalue weighted by molar-refractivity contribution is -0.119. The summed E-state index contributed by atoms with van der Waals surface area (Å²) in [6.45, 7) is 6.17. The molecule has 1 aromatic rings. The van der Waals surface area contributed by atoms with E-state index in [1.807, 2.05) is 26.0 Å². The SMILES string of the molecule is CCCCc1ccc(NC(=O)[C@H](C)CC)cc1. The maximum Gasteiger partial charge on any atom is 0.227 e. The van der Waals surface area contributed by atoms with Crippen molar-refractivity contribution in [3.05, 3.63) is 29.8 Å². The third-order valence-corrected chi connectivity index (χ3v) is 3.10. The van der Waals surface area contributed by atoms with Gasteiger partial charge in [-0.05, 0) is 37.0 Å². The van der Waals surface area contributed by atoms with Gasteiger partial charge in [-0.2, -0.15) is 0 Å². The molecule has 1 rings (SSSR count). The van der Waals surface area contributed by atoms with Crippen LogP contribution in [0.3, 0.4) is 0 Å². The molecule has 2 heteroatoms. The molecule has 17 heavy (non-hydrogen) atoms. The molecule has 0 saturated carbocycles. The molecule has 0 aliphatic rings. The first kappa shape index (κ1) is 13.8. The van der Waals surface area contributed by atoms with Gasteiger partial charge in [0.05, 0.1) is 0 Å². The molecule has 94 valence electrons. The van der Waals surface area contributed by atoms with E-state index < -0.39 is 0 Å². The van der Waals surface area contributed by atoms with Crippen molar-refractivity contribution in [3.63, 3.8) is 0 Å². The molecule has 1 atom stereocenters. The highest BCUT2D eigenvalue weighted by atomic mass is 16.1. The van der Waals surface area contributed by atoms with E-state index >= 15 is 0 Å². The summed E-state index contributed by atoms with van der Waals surface area (Å²) in [6, 6.07) is 8.18. The molecule has 0 aliphatic heterocycles. The first-order valence-electron chi connectivity index (χ1n) is 6.57. The maximum atomic E-state index is 11.7. The number of carbonyl (C=O) groups is 1. The van der Waals surface area contributed by atoms with Crippen LogP contribution in [0.15, 0.2) is 24.3 Å². The number of hydrogen-bond acceptors (Lipinski definition) is 1. The van der Waals surface area contributed by atoms with Crippen LogP contribution in [0.25, 0.3) is 0 Å². The van der Waals surface area contributed by atoms with Crippen LogP contribution in [0.1, 0.15) is 45.6 Å². The summed E-state index contributed by atoms with van der Waals surface area (Å²) < 4.78 is 0. The first-order valence-corrected chi connectivity index (χ1v) is 6.57. The zero-order chi connectivity index (χ0) is 12.7. The predicted molar refractivity (Wildman–Crippen MR) is 73.1 cm³/mol. The number of unbranched alkanes of at least 4 members (excludes halogenated alkanes) is 1. The Bertz CT molecular complexity index is 342. The Kier molecular flexibility index (Phi) is 5.75. The lowest BCUT2D eigenvalue weighted by atomic mass is 10.1. The minimum absolute atomic E-state index is 0.0785. The van der Waals surface area contributed by atoms with Crippen LogP contribution in [-0.2, 0) is 11.2 Å². The minimum Gasteiger partial charge on any atom is -0.326 e. The predicted octanol–water partition coefficient (Wildman–Crippen LogP) is 4.01. The third-order valence-electron chi connectivity index (χ3n) is 3.10. The quantitative estimate of drug-likeness (QED) is 0.790. The van der Waals surface area contributed by atoms with Crippen LogP contribution in [0.5, 0.6) is 0 Å². The minimum atomic E-state index is 0.0785. The average Bonchev–Trinajstić information content (AvgIpc) is 2.37. The van der Waals surface area contributed by atoms with Crippen molar-refractivity contribution in [1.82, 2.24) is 0 Å². The number of benzene rings is 1. The molecule has 2 nitrogen and oxygen atoms in total. The van der Waals surface area contributed by atoms with Crippen molar-refractivity contribution in [2.24, 2.45) is 5.92 Å². The second-order valence-corrected chi connectivity index (χ2v) is 4.60. The topological polar surface area (TPSA) is 29.1 Å². The highest BCUT2D eigenvalue weighted by Crippen LogP contribution is 2.13. The van der Waals surface area contributed by atoms with Crippen LogP contribution in [0.2, 0.25) is 0 Å². The number of amides is 1. The van der Waals surface area contributed by atoms with Gasteiger partial charge in [0.2, 0.25) is 5.91 Å². The molecule has 0 radical (unpaired) electrons. The molecule has 1 amide bonds. The van der Waals surface area contributed by atoms with Crippen LogP contribution in [0, 0.1) is 5.92 Å². The number of nitrogens with one attached hydrogen (secondary N) is 1. The van der Waals surface area contributed by atoms with E-state index in [9.17, 15) is 4.79 Å². The van der Waals surface area contributed by atoms with Crippen molar-refractivity contribution in [1.29, 1.82) is 0 Å². The van der Waals surface area contributed by atoms with Gasteiger partial charge in [0.1, 0.15) is 0 Å². The van der Waals surface area contributed by atoms with Gasteiger partial charge in [-0.15, -0.1) is 0 Å². The van der Waals surface area contributed by atoms with E-state index in [0.29, 0.717) is 0 Å². The molecule has 0 heterocycles. The number of anilines is 1. The number of hydrogen-bond donors (Lipinski definition) is 1. The fourth-order valence-corrected chi connectivity index (χ4v) is 1.59. The Morgan fingerprint density at radius 3 is 2.41 bits per heavy atom. The summed E-state index contributed by atoms with van der Waals surface area (Å²) in [7, 11) is 0. The highest BCUT2D eigenvalue weighted by molar-refractivity contribution is 5.92. The van der Waals surface area contributed by atoms with E-state index in [1.165, 1.54) is 18.4 Å². The van der Waals surface area contributed by atoms with E-state index in [4.69, 9.17) is 0 Å². The van der Waals surface area contributed by atoms with Crippen LogP contribution >= 0.6 is 0 Å². The Morgan fingerprint density at radius 2 is 1.88 bits per heavy atom. The molecule has 0 bridgehead atoms. The number of carbonyl (C=O) groups excluding carboxylic acids is 1. The fraction of sp³-hybridized carbons (Fsp3) is 0.533. The molecular weight excluding hydrogens is 210 g/mol. The monoisotopic (exact) mass is 233 g/mol. The van der Waals surface area contributed by atoms with Crippen molar-refractivity contribution in [2.75, 3.05) is 5.32 Å². The van der Waals surface area contributed by atoms with Gasteiger partial charge >= 0.3 is 0 Å². The molecule has 1 N–H and O–H groups in total. The fourth-order valence-electron chi connectivity index (χ4n) is 1.59. The molecule has 0 unspecified atom stereocenters. The molecule has 0 spiro atoms. The van der Waals surface area contributed by atoms with Crippen molar-refractivity contribution >= 4 is 11.6 Å². The zero-order valence-corrected chi connectivity index (χ0v) is 11.1. The Labute approximate surface area is 104 Å². The lowest BCUT2D eigenvalue weighted by Gasteiger charge is -2.10. The normalized spacial score (nSPS) is 12.2. The first-order chi connectivity index (χ1) is 8.17. The second kappa shape index (κ2) is 7.10. The number of aryl methyl sites for hydroxylation is 1. The van der Waals surface area contributed by atoms with Crippen LogP contribution in [0.4, 0.5) is 5.69 Å². The van der Waals surface area contributed by atoms with Gasteiger partial charge in [0.25, 0.3) is 0 Å². The standard InChI is InChI=1S/C15H23NO/c1-4-6-7-13-8-10-14(11-9-13)16-15(17)12(3)5-2/h8-12H,4-7H2,1-3H3,(H,16,17)/t12-/m1/s1. The molecule has 0 aromatic heterocycles. The van der Waals surface area contributed by atoms with Crippen molar-refractivity contribution in [2.45, 2.75) is 46.5 Å². The van der Waals surface area contributed by atoms with Gasteiger partial charge in [-0.3, -0.25) is 4.79 Å². The molecule has 0 aliphatic carbocycles. The Balaban J connectivity index is 2.53. The summed E-state index contributed by atoms with van der Waals surface area (Å²) in [5.74, 6) is 0.184. The lowest BCUT2D eigenvalue weighted by Crippen LogP contribution is -2.19. The van der Waals surface area contributed by atoms with Crippen molar-refractivity contribution in [3.8, 4) is 0 Å². The number of rotatable bonds is 6. The van der Waals surface area contributed by atoms with Gasteiger partial charge in [-0.25, -0.2) is 0 Å². The van der Waals surface area contributed by atoms with Gasteiger partial charge in [0.15, 0.2) is 0 Å². The largest absolute Gasteiger partial charge is 0.326 e. The summed E-state index contributed by atoms with van der Waals surface area (Å²) >= 11 is 0. The molecular formula is C15H23NO. The Hall–Kier alpha value is -1.31. The Morgan fingerprint density at radius 1 is 1.24 bits per heavy atom. The van der Waals surface area contributed by atoms with E-state index in [1.54, 1.807) is 0 Å². The second-order valence-electron chi connectivity index (χ2n) is 4.60. The molecule has 1 aromatic carbocycles. The average molecular weight is 233 g/mol.